The lowest BCUT2D eigenvalue weighted by Crippen LogP contribution is -2.41. The van der Waals surface area contributed by atoms with Gasteiger partial charge in [-0.2, -0.15) is 0 Å². The van der Waals surface area contributed by atoms with Gasteiger partial charge in [0.1, 0.15) is 6.23 Å². The van der Waals surface area contributed by atoms with E-state index in [0.717, 1.165) is 12.8 Å². The smallest absolute Gasteiger partial charge is 0.411 e. The summed E-state index contributed by atoms with van der Waals surface area (Å²) in [5, 5.41) is 0. The summed E-state index contributed by atoms with van der Waals surface area (Å²) < 4.78 is 9.82. The Morgan fingerprint density at radius 2 is 2.00 bits per heavy atom. The van der Waals surface area contributed by atoms with Crippen molar-refractivity contribution in [1.82, 2.24) is 4.90 Å². The lowest BCUT2D eigenvalue weighted by atomic mass is 10.3. The molecule has 0 heterocycles. The van der Waals surface area contributed by atoms with E-state index in [2.05, 4.69) is 4.74 Å². The predicted octanol–water partition coefficient (Wildman–Crippen LogP) is 1.85. The van der Waals surface area contributed by atoms with Crippen molar-refractivity contribution in [2.75, 3.05) is 20.8 Å². The average Bonchev–Trinajstić information content (AvgIpc) is 2.17. The van der Waals surface area contributed by atoms with Crippen LogP contribution in [0.15, 0.2) is 0 Å². The molecule has 0 aliphatic carbocycles. The Bertz CT molecular complexity index is 146. The van der Waals surface area contributed by atoms with Gasteiger partial charge in [-0.15, -0.1) is 0 Å². The first-order valence-electron chi connectivity index (χ1n) is 4.58. The van der Waals surface area contributed by atoms with Crippen molar-refractivity contribution < 1.29 is 14.3 Å². The number of methoxy groups -OCH3 is 2. The molecule has 0 saturated heterocycles. The summed E-state index contributed by atoms with van der Waals surface area (Å²) in [6, 6.07) is 0. The third-order valence-corrected chi connectivity index (χ3v) is 1.84. The molecule has 1 amide bonds. The summed E-state index contributed by atoms with van der Waals surface area (Å²) in [5.74, 6) is 0. The first kappa shape index (κ1) is 12.2. The number of carbonyl (C=O) groups is 1. The largest absolute Gasteiger partial charge is 0.453 e. The molecule has 0 spiro atoms. The molecule has 78 valence electrons. The minimum atomic E-state index is -0.324. The average molecular weight is 189 g/mol. The van der Waals surface area contributed by atoms with Crippen molar-refractivity contribution in [3.8, 4) is 0 Å². The van der Waals surface area contributed by atoms with E-state index in [1.165, 1.54) is 7.11 Å². The number of carbonyl (C=O) groups excluding carboxylic acids is 1. The first-order chi connectivity index (χ1) is 6.21. The molecular formula is C9H19NO3. The second-order valence-corrected chi connectivity index (χ2v) is 2.76. The number of nitrogens with zero attached hydrogens (tertiary/aromatic N) is 1. The Morgan fingerprint density at radius 1 is 1.38 bits per heavy atom. The topological polar surface area (TPSA) is 38.8 Å². The molecule has 4 heteroatoms. The molecule has 0 fully saturated rings. The fourth-order valence-corrected chi connectivity index (χ4v) is 1.23. The SMILES string of the molecule is CCCN(C(=O)OC)C(CC)OC. The number of hydrogen-bond acceptors (Lipinski definition) is 3. The van der Waals surface area contributed by atoms with Crippen LogP contribution in [0.1, 0.15) is 26.7 Å². The highest BCUT2D eigenvalue weighted by atomic mass is 16.6. The maximum atomic E-state index is 11.3. The molecule has 0 saturated carbocycles. The van der Waals surface area contributed by atoms with Crippen molar-refractivity contribution in [2.24, 2.45) is 0 Å². The molecule has 4 nitrogen and oxygen atoms in total. The molecule has 0 N–H and O–H groups in total. The summed E-state index contributed by atoms with van der Waals surface area (Å²) >= 11 is 0. The second kappa shape index (κ2) is 6.71. The number of rotatable bonds is 5. The molecule has 0 aliphatic heterocycles. The Balaban J connectivity index is 4.28. The van der Waals surface area contributed by atoms with E-state index in [0.29, 0.717) is 6.54 Å². The zero-order valence-electron chi connectivity index (χ0n) is 8.87. The molecule has 0 aliphatic rings. The summed E-state index contributed by atoms with van der Waals surface area (Å²) in [4.78, 5) is 12.9. The molecule has 0 rings (SSSR count). The zero-order valence-corrected chi connectivity index (χ0v) is 8.87. The van der Waals surface area contributed by atoms with Gasteiger partial charge in [0.2, 0.25) is 0 Å². The lowest BCUT2D eigenvalue weighted by Gasteiger charge is -2.28. The van der Waals surface area contributed by atoms with Gasteiger partial charge in [0.05, 0.1) is 7.11 Å². The fourth-order valence-electron chi connectivity index (χ4n) is 1.23. The summed E-state index contributed by atoms with van der Waals surface area (Å²) in [6.07, 6.45) is 1.17. The molecule has 0 bridgehead atoms. The van der Waals surface area contributed by atoms with Gasteiger partial charge >= 0.3 is 6.09 Å². The quantitative estimate of drug-likeness (QED) is 0.619. The summed E-state index contributed by atoms with van der Waals surface area (Å²) in [6.45, 7) is 4.65. The van der Waals surface area contributed by atoms with Gasteiger partial charge in [-0.05, 0) is 12.8 Å². The van der Waals surface area contributed by atoms with E-state index in [9.17, 15) is 4.79 Å². The van der Waals surface area contributed by atoms with Crippen LogP contribution < -0.4 is 0 Å². The van der Waals surface area contributed by atoms with Crippen LogP contribution in [-0.2, 0) is 9.47 Å². The van der Waals surface area contributed by atoms with Crippen molar-refractivity contribution in [1.29, 1.82) is 0 Å². The van der Waals surface area contributed by atoms with Crippen LogP contribution >= 0.6 is 0 Å². The maximum absolute atomic E-state index is 11.3. The van der Waals surface area contributed by atoms with Crippen molar-refractivity contribution in [3.05, 3.63) is 0 Å². The van der Waals surface area contributed by atoms with Gasteiger partial charge in [-0.25, -0.2) is 4.79 Å². The molecule has 13 heavy (non-hydrogen) atoms. The summed E-state index contributed by atoms with van der Waals surface area (Å²) in [5.41, 5.74) is 0. The number of amides is 1. The van der Waals surface area contributed by atoms with Gasteiger partial charge < -0.3 is 9.47 Å². The normalized spacial score (nSPS) is 12.3. The molecule has 0 aromatic heterocycles. The summed E-state index contributed by atoms with van der Waals surface area (Å²) in [7, 11) is 2.98. The van der Waals surface area contributed by atoms with Crippen molar-refractivity contribution >= 4 is 6.09 Å². The van der Waals surface area contributed by atoms with Gasteiger partial charge in [0.15, 0.2) is 0 Å². The minimum Gasteiger partial charge on any atom is -0.453 e. The van der Waals surface area contributed by atoms with Crippen molar-refractivity contribution in [3.63, 3.8) is 0 Å². The van der Waals surface area contributed by atoms with Crippen LogP contribution in [-0.4, -0.2) is 38.0 Å². The minimum absolute atomic E-state index is 0.174. The standard InChI is InChI=1S/C9H19NO3/c1-5-7-10(9(11)13-4)8(6-2)12-3/h8H,5-7H2,1-4H3. The Labute approximate surface area is 79.8 Å². The second-order valence-electron chi connectivity index (χ2n) is 2.76. The van der Waals surface area contributed by atoms with Gasteiger partial charge in [-0.3, -0.25) is 4.90 Å². The third kappa shape index (κ3) is 3.63. The van der Waals surface area contributed by atoms with Crippen LogP contribution in [0.25, 0.3) is 0 Å². The molecule has 0 radical (unpaired) electrons. The van der Waals surface area contributed by atoms with Gasteiger partial charge in [0, 0.05) is 13.7 Å². The molecular weight excluding hydrogens is 170 g/mol. The van der Waals surface area contributed by atoms with Crippen LogP contribution in [0.4, 0.5) is 4.79 Å². The van der Waals surface area contributed by atoms with Gasteiger partial charge in [-0.1, -0.05) is 13.8 Å². The highest BCUT2D eigenvalue weighted by molar-refractivity contribution is 5.67. The maximum Gasteiger partial charge on any atom is 0.411 e. The van der Waals surface area contributed by atoms with E-state index in [1.54, 1.807) is 12.0 Å². The Morgan fingerprint density at radius 3 is 2.31 bits per heavy atom. The Hall–Kier alpha value is -0.770. The van der Waals surface area contributed by atoms with Gasteiger partial charge in [0.25, 0.3) is 0 Å². The Kier molecular flexibility index (Phi) is 6.32. The predicted molar refractivity (Wildman–Crippen MR) is 50.5 cm³/mol. The van der Waals surface area contributed by atoms with E-state index in [-0.39, 0.29) is 12.3 Å². The van der Waals surface area contributed by atoms with E-state index in [4.69, 9.17) is 4.74 Å². The first-order valence-corrected chi connectivity index (χ1v) is 4.58. The zero-order chi connectivity index (χ0) is 10.3. The molecule has 0 aromatic carbocycles. The highest BCUT2D eigenvalue weighted by Crippen LogP contribution is 2.07. The monoisotopic (exact) mass is 189 g/mol. The molecule has 0 aromatic rings. The highest BCUT2D eigenvalue weighted by Gasteiger charge is 2.21. The van der Waals surface area contributed by atoms with Crippen LogP contribution in [0.3, 0.4) is 0 Å². The van der Waals surface area contributed by atoms with E-state index < -0.39 is 0 Å². The van der Waals surface area contributed by atoms with Crippen LogP contribution in [0.2, 0.25) is 0 Å². The molecule has 1 unspecified atom stereocenters. The number of hydrogen-bond donors (Lipinski definition) is 0. The van der Waals surface area contributed by atoms with Crippen LogP contribution in [0, 0.1) is 0 Å². The van der Waals surface area contributed by atoms with E-state index in [1.807, 2.05) is 13.8 Å². The molecule has 1 atom stereocenters. The third-order valence-electron chi connectivity index (χ3n) is 1.84. The van der Waals surface area contributed by atoms with E-state index >= 15 is 0 Å². The fraction of sp³-hybridized carbons (Fsp3) is 0.889. The lowest BCUT2D eigenvalue weighted by molar-refractivity contribution is -0.0271. The van der Waals surface area contributed by atoms with Crippen molar-refractivity contribution in [2.45, 2.75) is 32.9 Å². The number of ether oxygens (including phenoxy) is 2. The van der Waals surface area contributed by atoms with Crippen LogP contribution in [0.5, 0.6) is 0 Å².